The summed E-state index contributed by atoms with van der Waals surface area (Å²) in [5.41, 5.74) is 2.27. The maximum Gasteiger partial charge on any atom is 0.163 e. The molecule has 0 atom stereocenters. The summed E-state index contributed by atoms with van der Waals surface area (Å²) in [6, 6.07) is 8.82. The van der Waals surface area contributed by atoms with E-state index in [-0.39, 0.29) is 0 Å². The first-order valence-electron chi connectivity index (χ1n) is 13.7. The molecule has 0 saturated carbocycles. The second kappa shape index (κ2) is 11.6. The van der Waals surface area contributed by atoms with Crippen molar-refractivity contribution in [3.05, 3.63) is 53.5 Å². The molecule has 0 aliphatic rings. The first-order chi connectivity index (χ1) is 17.5. The lowest BCUT2D eigenvalue weighted by Crippen LogP contribution is -2.45. The molecule has 0 amide bonds. The fourth-order valence-electron chi connectivity index (χ4n) is 4.04. The first-order valence-corrected chi connectivity index (χ1v) is 21.4. The van der Waals surface area contributed by atoms with Crippen molar-refractivity contribution in [3.8, 4) is 0 Å². The van der Waals surface area contributed by atoms with Crippen LogP contribution in [0, 0.1) is 0 Å². The van der Waals surface area contributed by atoms with E-state index in [4.69, 9.17) is 4.98 Å². The third kappa shape index (κ3) is 6.50. The highest BCUT2D eigenvalue weighted by molar-refractivity contribution is 9.10. The summed E-state index contributed by atoms with van der Waals surface area (Å²) in [4.78, 5) is 10.6. The van der Waals surface area contributed by atoms with Crippen LogP contribution in [0.5, 0.6) is 0 Å². The van der Waals surface area contributed by atoms with Crippen molar-refractivity contribution in [2.45, 2.75) is 102 Å². The van der Waals surface area contributed by atoms with Gasteiger partial charge < -0.3 is 8.47 Å². The molecule has 0 bridgehead atoms. The fraction of sp³-hybridized carbons (Fsp3) is 0.533. The van der Waals surface area contributed by atoms with Crippen molar-refractivity contribution in [2.75, 3.05) is 5.75 Å². The third-order valence-electron chi connectivity index (χ3n) is 8.64. The number of halogens is 1. The van der Waals surface area contributed by atoms with E-state index in [0.29, 0.717) is 10.1 Å². The summed E-state index contributed by atoms with van der Waals surface area (Å²) in [5, 5.41) is 3.12. The second-order valence-electron chi connectivity index (χ2n) is 13.3. The Labute approximate surface area is 245 Å². The number of nitrogens with zero attached hydrogens (tertiary/aromatic N) is 4. The number of rotatable bonds is 6. The molecule has 4 rings (SSSR count). The van der Waals surface area contributed by atoms with Crippen LogP contribution in [0.15, 0.2) is 58.4 Å². The van der Waals surface area contributed by atoms with Gasteiger partial charge >= 0.3 is 0 Å². The van der Waals surface area contributed by atoms with Crippen LogP contribution in [0.2, 0.25) is 36.3 Å². The summed E-state index contributed by atoms with van der Waals surface area (Å²) < 4.78 is 5.91. The zero-order chi connectivity index (χ0) is 28.5. The summed E-state index contributed by atoms with van der Waals surface area (Å²) in [6.45, 7) is 25.9. The molecule has 4 heterocycles. The molecule has 0 N–H and O–H groups in total. The van der Waals surface area contributed by atoms with Gasteiger partial charge in [0.05, 0.1) is 0 Å². The minimum atomic E-state index is -1.59. The second-order valence-corrected chi connectivity index (χ2v) is 25.6. The van der Waals surface area contributed by atoms with Crippen LogP contribution in [0.4, 0.5) is 0 Å². The minimum Gasteiger partial charge on any atom is -0.359 e. The van der Waals surface area contributed by atoms with Gasteiger partial charge in [-0.2, -0.15) is 0 Å². The number of aromatic nitrogens is 4. The van der Waals surface area contributed by atoms with E-state index in [1.165, 1.54) is 34.3 Å². The summed E-state index contributed by atoms with van der Waals surface area (Å²) >= 11 is 5.39. The third-order valence-corrected chi connectivity index (χ3v) is 20.6. The van der Waals surface area contributed by atoms with Gasteiger partial charge in [0.2, 0.25) is 0 Å². The molecular weight excluding hydrogens is 585 g/mol. The lowest BCUT2D eigenvalue weighted by atomic mass is 10.2. The van der Waals surface area contributed by atoms with Crippen molar-refractivity contribution in [3.63, 3.8) is 0 Å². The molecule has 4 aromatic rings. The van der Waals surface area contributed by atoms with Gasteiger partial charge in [0.15, 0.2) is 16.5 Å². The molecule has 0 spiro atoms. The number of unbranched alkanes of at least 4 members (excludes halogenated alkanes) is 1. The first kappa shape index (κ1) is 31.2. The standard InChI is InChI=1S/C17H28N2SSi.C13H19BrN2Si/c1-7-8-11-20-15-12-14-9-10-19(16(14)18-13-15)21(5,6)17(2,3)4;1-13(2,3)17(4,5)16-7-6-10-8-11(14)9-15-12(10)16/h9-10,12-13H,7-8,11H2,1-6H3;6-9H,1-5H3. The van der Waals surface area contributed by atoms with Gasteiger partial charge in [-0.25, -0.2) is 9.97 Å². The smallest absolute Gasteiger partial charge is 0.163 e. The van der Waals surface area contributed by atoms with Crippen molar-refractivity contribution < 1.29 is 0 Å². The largest absolute Gasteiger partial charge is 0.359 e. The number of hydrogen-bond donors (Lipinski definition) is 0. The molecule has 8 heteroatoms. The maximum atomic E-state index is 4.78. The Bertz CT molecular complexity index is 1380. The van der Waals surface area contributed by atoms with Crippen molar-refractivity contribution in [2.24, 2.45) is 0 Å². The fourth-order valence-corrected chi connectivity index (χ4v) is 9.17. The Hall–Kier alpha value is -1.36. The van der Waals surface area contributed by atoms with E-state index in [9.17, 15) is 0 Å². The Balaban J connectivity index is 0.000000215. The lowest BCUT2D eigenvalue weighted by Gasteiger charge is -2.38. The summed E-state index contributed by atoms with van der Waals surface area (Å²) in [6.07, 6.45) is 10.9. The predicted octanol–water partition coefficient (Wildman–Crippen LogP) is 10.4. The van der Waals surface area contributed by atoms with E-state index < -0.39 is 16.5 Å². The predicted molar refractivity (Wildman–Crippen MR) is 178 cm³/mol. The Kier molecular flexibility index (Phi) is 9.54. The Morgan fingerprint density at radius 2 is 1.26 bits per heavy atom. The molecule has 0 aliphatic carbocycles. The van der Waals surface area contributed by atoms with Crippen LogP contribution in [-0.2, 0) is 0 Å². The van der Waals surface area contributed by atoms with E-state index in [2.05, 4.69) is 141 Å². The van der Waals surface area contributed by atoms with Gasteiger partial charge in [0.1, 0.15) is 11.3 Å². The van der Waals surface area contributed by atoms with E-state index in [1.54, 1.807) is 0 Å². The zero-order valence-electron chi connectivity index (χ0n) is 25.3. The van der Waals surface area contributed by atoms with Gasteiger partial charge in [0.25, 0.3) is 0 Å². The topological polar surface area (TPSA) is 35.6 Å². The Morgan fingerprint density at radius 3 is 1.74 bits per heavy atom. The molecule has 0 radical (unpaired) electrons. The molecule has 0 fully saturated rings. The molecule has 0 unspecified atom stereocenters. The molecule has 4 aromatic heterocycles. The van der Waals surface area contributed by atoms with Crippen LogP contribution in [0.25, 0.3) is 22.1 Å². The molecule has 0 aliphatic heterocycles. The highest BCUT2D eigenvalue weighted by atomic mass is 79.9. The van der Waals surface area contributed by atoms with E-state index in [0.717, 1.165) is 15.8 Å². The number of hydrogen-bond acceptors (Lipinski definition) is 3. The molecule has 208 valence electrons. The van der Waals surface area contributed by atoms with Gasteiger partial charge in [-0.1, -0.05) is 81.1 Å². The molecule has 4 nitrogen and oxygen atoms in total. The molecule has 0 saturated heterocycles. The summed E-state index contributed by atoms with van der Waals surface area (Å²) in [5.74, 6) is 1.19. The highest BCUT2D eigenvalue weighted by Crippen LogP contribution is 2.40. The van der Waals surface area contributed by atoms with Gasteiger partial charge in [-0.3, -0.25) is 0 Å². The molecular formula is C30H47BrN4SSi2. The zero-order valence-corrected chi connectivity index (χ0v) is 29.7. The monoisotopic (exact) mass is 630 g/mol. The van der Waals surface area contributed by atoms with Gasteiger partial charge in [-0.05, 0) is 74.8 Å². The highest BCUT2D eigenvalue weighted by Gasteiger charge is 2.39. The molecule has 38 heavy (non-hydrogen) atoms. The normalized spacial score (nSPS) is 13.2. The minimum absolute atomic E-state index is 0.313. The number of fused-ring (bicyclic) bond motifs is 2. The van der Waals surface area contributed by atoms with Crippen molar-refractivity contribution in [1.82, 2.24) is 18.4 Å². The lowest BCUT2D eigenvalue weighted by molar-refractivity contribution is 0.702. The SMILES string of the molecule is CC(C)(C)[Si](C)(C)n1ccc2cc(Br)cnc21.CCCCSc1cnc2c(ccn2[Si](C)(C)C(C)(C)C)c1. The van der Waals surface area contributed by atoms with Gasteiger partial charge in [-0.15, -0.1) is 11.8 Å². The number of pyridine rings is 2. The van der Waals surface area contributed by atoms with E-state index in [1.807, 2.05) is 24.2 Å². The van der Waals surface area contributed by atoms with Crippen LogP contribution < -0.4 is 0 Å². The van der Waals surface area contributed by atoms with Crippen LogP contribution in [0.1, 0.15) is 61.3 Å². The Morgan fingerprint density at radius 1 is 0.789 bits per heavy atom. The van der Waals surface area contributed by atoms with Crippen molar-refractivity contribution >= 4 is 66.2 Å². The average molecular weight is 632 g/mol. The van der Waals surface area contributed by atoms with Gasteiger partial charge in [0, 0.05) is 32.5 Å². The number of thioether (sulfide) groups is 1. The maximum absolute atomic E-state index is 4.78. The van der Waals surface area contributed by atoms with Crippen molar-refractivity contribution in [1.29, 1.82) is 0 Å². The van der Waals surface area contributed by atoms with Crippen LogP contribution >= 0.6 is 27.7 Å². The van der Waals surface area contributed by atoms with Crippen LogP contribution in [-0.4, -0.2) is 40.7 Å². The average Bonchev–Trinajstić information content (AvgIpc) is 3.42. The van der Waals surface area contributed by atoms with E-state index >= 15 is 0 Å². The van der Waals surface area contributed by atoms with Crippen LogP contribution in [0.3, 0.4) is 0 Å². The quantitative estimate of drug-likeness (QED) is 0.121. The summed E-state index contributed by atoms with van der Waals surface area (Å²) in [7, 11) is -3.17. The molecule has 0 aromatic carbocycles.